The second kappa shape index (κ2) is 4.53. The van der Waals surface area contributed by atoms with Crippen molar-refractivity contribution in [2.75, 3.05) is 0 Å². The monoisotopic (exact) mass is 266 g/mol. The number of ether oxygens (including phenoxy) is 1. The van der Waals surface area contributed by atoms with Crippen LogP contribution in [0.3, 0.4) is 0 Å². The number of hydrogen-bond donors (Lipinski definition) is 1. The SMILES string of the molecule is CC(C)(C)OC(=O)Cc1n[nH]c(=O)c2cscc12. The van der Waals surface area contributed by atoms with Gasteiger partial charge in [-0.2, -0.15) is 16.4 Å². The van der Waals surface area contributed by atoms with Crippen LogP contribution in [0.25, 0.3) is 10.8 Å². The zero-order chi connectivity index (χ0) is 13.3. The minimum Gasteiger partial charge on any atom is -0.460 e. The Morgan fingerprint density at radius 1 is 1.39 bits per heavy atom. The van der Waals surface area contributed by atoms with E-state index in [1.165, 1.54) is 11.3 Å². The number of rotatable bonds is 2. The molecule has 2 rings (SSSR count). The van der Waals surface area contributed by atoms with E-state index >= 15 is 0 Å². The van der Waals surface area contributed by atoms with E-state index in [-0.39, 0.29) is 17.9 Å². The van der Waals surface area contributed by atoms with Crippen LogP contribution in [0.4, 0.5) is 0 Å². The molecule has 0 bridgehead atoms. The van der Waals surface area contributed by atoms with Crippen LogP contribution in [-0.2, 0) is 16.0 Å². The maximum absolute atomic E-state index is 11.7. The molecule has 0 atom stereocenters. The molecule has 96 valence electrons. The summed E-state index contributed by atoms with van der Waals surface area (Å²) in [6.45, 7) is 5.43. The van der Waals surface area contributed by atoms with Crippen LogP contribution in [0.5, 0.6) is 0 Å². The lowest BCUT2D eigenvalue weighted by molar-refractivity contribution is -0.153. The second-order valence-corrected chi connectivity index (χ2v) is 5.71. The fourth-order valence-electron chi connectivity index (χ4n) is 1.58. The van der Waals surface area contributed by atoms with Crippen molar-refractivity contribution >= 4 is 28.1 Å². The van der Waals surface area contributed by atoms with Gasteiger partial charge in [-0.25, -0.2) is 5.10 Å². The number of thiophene rings is 1. The van der Waals surface area contributed by atoms with E-state index in [2.05, 4.69) is 10.2 Å². The first kappa shape index (κ1) is 12.8. The van der Waals surface area contributed by atoms with Gasteiger partial charge in [-0.3, -0.25) is 9.59 Å². The Kier molecular flexibility index (Phi) is 3.21. The molecule has 1 N–H and O–H groups in total. The minimum atomic E-state index is -0.521. The number of hydrogen-bond acceptors (Lipinski definition) is 5. The van der Waals surface area contributed by atoms with Gasteiger partial charge in [-0.05, 0) is 20.8 Å². The maximum Gasteiger partial charge on any atom is 0.312 e. The first-order valence-electron chi connectivity index (χ1n) is 5.52. The molecule has 2 aromatic rings. The van der Waals surface area contributed by atoms with Gasteiger partial charge in [0.2, 0.25) is 0 Å². The number of aromatic nitrogens is 2. The molecule has 5 nitrogen and oxygen atoms in total. The van der Waals surface area contributed by atoms with Crippen molar-refractivity contribution in [2.24, 2.45) is 0 Å². The van der Waals surface area contributed by atoms with Crippen molar-refractivity contribution in [3.63, 3.8) is 0 Å². The van der Waals surface area contributed by atoms with E-state index in [0.717, 1.165) is 5.39 Å². The van der Waals surface area contributed by atoms with Gasteiger partial charge in [0.1, 0.15) is 5.60 Å². The third-order valence-corrected chi connectivity index (χ3v) is 2.99. The van der Waals surface area contributed by atoms with Crippen molar-refractivity contribution in [3.8, 4) is 0 Å². The summed E-state index contributed by atoms with van der Waals surface area (Å²) < 4.78 is 5.23. The number of carbonyl (C=O) groups is 1. The smallest absolute Gasteiger partial charge is 0.312 e. The van der Waals surface area contributed by atoms with Gasteiger partial charge in [0.15, 0.2) is 0 Å². The summed E-state index contributed by atoms with van der Waals surface area (Å²) in [5.41, 5.74) is -0.216. The van der Waals surface area contributed by atoms with E-state index in [1.807, 2.05) is 26.2 Å². The quantitative estimate of drug-likeness (QED) is 0.842. The lowest BCUT2D eigenvalue weighted by atomic mass is 10.1. The number of fused-ring (bicyclic) bond motifs is 1. The Bertz CT molecular complexity index is 637. The average Bonchev–Trinajstić information content (AvgIpc) is 2.69. The van der Waals surface area contributed by atoms with Gasteiger partial charge < -0.3 is 4.74 Å². The van der Waals surface area contributed by atoms with Crippen molar-refractivity contribution in [1.82, 2.24) is 10.2 Å². The highest BCUT2D eigenvalue weighted by atomic mass is 32.1. The highest BCUT2D eigenvalue weighted by Crippen LogP contribution is 2.19. The molecule has 0 spiro atoms. The van der Waals surface area contributed by atoms with Crippen LogP contribution in [0.15, 0.2) is 15.6 Å². The highest BCUT2D eigenvalue weighted by Gasteiger charge is 2.18. The number of nitrogens with one attached hydrogen (secondary N) is 1. The third-order valence-electron chi connectivity index (χ3n) is 2.24. The molecule has 0 aliphatic rings. The van der Waals surface area contributed by atoms with Crippen molar-refractivity contribution in [2.45, 2.75) is 32.8 Å². The number of nitrogens with zero attached hydrogens (tertiary/aromatic N) is 1. The largest absolute Gasteiger partial charge is 0.460 e. The molecule has 0 amide bonds. The average molecular weight is 266 g/mol. The minimum absolute atomic E-state index is 0.0568. The Morgan fingerprint density at radius 3 is 2.72 bits per heavy atom. The van der Waals surface area contributed by atoms with E-state index < -0.39 is 5.60 Å². The van der Waals surface area contributed by atoms with E-state index in [1.54, 1.807) is 5.38 Å². The topological polar surface area (TPSA) is 72.0 Å². The molecule has 0 unspecified atom stereocenters. The summed E-state index contributed by atoms with van der Waals surface area (Å²) >= 11 is 1.41. The summed E-state index contributed by atoms with van der Waals surface area (Å²) in [4.78, 5) is 23.2. The zero-order valence-electron chi connectivity index (χ0n) is 10.4. The molecule has 0 radical (unpaired) electrons. The molecule has 0 fully saturated rings. The first-order chi connectivity index (χ1) is 8.37. The fourth-order valence-corrected chi connectivity index (χ4v) is 2.42. The molecular weight excluding hydrogens is 252 g/mol. The molecule has 0 saturated carbocycles. The van der Waals surface area contributed by atoms with Crippen LogP contribution < -0.4 is 5.56 Å². The Morgan fingerprint density at radius 2 is 2.06 bits per heavy atom. The molecule has 0 aromatic carbocycles. The Hall–Kier alpha value is -1.69. The third kappa shape index (κ3) is 2.76. The molecule has 0 saturated heterocycles. The summed E-state index contributed by atoms with van der Waals surface area (Å²) in [7, 11) is 0. The van der Waals surface area contributed by atoms with Gasteiger partial charge in [0, 0.05) is 16.1 Å². The maximum atomic E-state index is 11.7. The zero-order valence-corrected chi connectivity index (χ0v) is 11.3. The van der Waals surface area contributed by atoms with Gasteiger partial charge in [0.25, 0.3) is 5.56 Å². The lowest BCUT2D eigenvalue weighted by Gasteiger charge is -2.19. The van der Waals surface area contributed by atoms with Crippen LogP contribution in [0, 0.1) is 0 Å². The number of aromatic amines is 1. The highest BCUT2D eigenvalue weighted by molar-refractivity contribution is 7.09. The predicted octanol–water partition coefficient (Wildman–Crippen LogP) is 1.87. The molecule has 6 heteroatoms. The summed E-state index contributed by atoms with van der Waals surface area (Å²) in [6.07, 6.45) is 0.0568. The number of esters is 1. The van der Waals surface area contributed by atoms with E-state index in [0.29, 0.717) is 11.1 Å². The molecule has 0 aliphatic heterocycles. The number of carbonyl (C=O) groups excluding carboxylic acids is 1. The van der Waals surface area contributed by atoms with Gasteiger partial charge in [-0.15, -0.1) is 0 Å². The van der Waals surface area contributed by atoms with E-state index in [9.17, 15) is 9.59 Å². The normalized spacial score (nSPS) is 11.7. The second-order valence-electron chi connectivity index (χ2n) is 4.96. The van der Waals surface area contributed by atoms with Crippen LogP contribution in [0.1, 0.15) is 26.5 Å². The molecular formula is C12H14N2O3S. The summed E-state index contributed by atoms with van der Waals surface area (Å²) in [6, 6.07) is 0. The van der Waals surface area contributed by atoms with Crippen molar-refractivity contribution in [1.29, 1.82) is 0 Å². The molecule has 2 aromatic heterocycles. The van der Waals surface area contributed by atoms with Gasteiger partial charge in [-0.1, -0.05) is 0 Å². The Balaban J connectivity index is 2.28. The Labute approximate surface area is 108 Å². The molecule has 18 heavy (non-hydrogen) atoms. The summed E-state index contributed by atoms with van der Waals surface area (Å²) in [5.74, 6) is -0.352. The van der Waals surface area contributed by atoms with Crippen LogP contribution >= 0.6 is 11.3 Å². The van der Waals surface area contributed by atoms with E-state index in [4.69, 9.17) is 4.74 Å². The van der Waals surface area contributed by atoms with Crippen LogP contribution in [0.2, 0.25) is 0 Å². The lowest BCUT2D eigenvalue weighted by Crippen LogP contribution is -2.25. The van der Waals surface area contributed by atoms with Crippen molar-refractivity contribution in [3.05, 3.63) is 26.8 Å². The van der Waals surface area contributed by atoms with Gasteiger partial charge >= 0.3 is 5.97 Å². The van der Waals surface area contributed by atoms with Gasteiger partial charge in [0.05, 0.1) is 17.5 Å². The van der Waals surface area contributed by atoms with Crippen LogP contribution in [-0.4, -0.2) is 21.8 Å². The summed E-state index contributed by atoms with van der Waals surface area (Å²) in [5, 5.41) is 11.1. The van der Waals surface area contributed by atoms with Crippen molar-refractivity contribution < 1.29 is 9.53 Å². The predicted molar refractivity (Wildman–Crippen MR) is 69.8 cm³/mol. The molecule has 2 heterocycles. The molecule has 0 aliphatic carbocycles. The standard InChI is InChI=1S/C12H14N2O3S/c1-12(2,3)17-10(15)4-9-7-5-18-6-8(7)11(16)14-13-9/h5-6H,4H2,1-3H3,(H,14,16). The fraction of sp³-hybridized carbons (Fsp3) is 0.417. The first-order valence-corrected chi connectivity index (χ1v) is 6.46. The number of H-pyrrole nitrogens is 1.